The second-order valence-electron chi connectivity index (χ2n) is 3.28. The molecule has 0 N–H and O–H groups in total. The lowest BCUT2D eigenvalue weighted by molar-refractivity contribution is -0.384. The molecule has 1 aromatic carbocycles. The lowest BCUT2D eigenvalue weighted by Crippen LogP contribution is -2.06. The minimum Gasteiger partial charge on any atom is -0.258 e. The molecule has 0 aliphatic rings. The Morgan fingerprint density at radius 1 is 1.39 bits per heavy atom. The molecule has 2 rings (SSSR count). The van der Waals surface area contributed by atoms with Crippen LogP contribution in [0.25, 0.3) is 5.69 Å². The van der Waals surface area contributed by atoms with Crippen molar-refractivity contribution in [1.29, 1.82) is 0 Å². The first-order chi connectivity index (χ1) is 8.63. The largest absolute Gasteiger partial charge is 0.269 e. The number of nitro groups is 1. The van der Waals surface area contributed by atoms with Gasteiger partial charge in [-0.05, 0) is 22.6 Å². The second-order valence-corrected chi connectivity index (χ2v) is 4.91. The van der Waals surface area contributed by atoms with Crippen LogP contribution in [0.1, 0.15) is 6.92 Å². The van der Waals surface area contributed by atoms with Crippen molar-refractivity contribution in [1.82, 2.24) is 20.2 Å². The maximum atomic E-state index is 11.7. The summed E-state index contributed by atoms with van der Waals surface area (Å²) in [5.41, 5.74) is 0.507. The third-order valence-corrected chi connectivity index (χ3v) is 3.40. The highest BCUT2D eigenvalue weighted by Crippen LogP contribution is 2.16. The van der Waals surface area contributed by atoms with E-state index < -0.39 is 15.7 Å². The zero-order chi connectivity index (χ0) is 13.1. The molecule has 1 unspecified atom stereocenters. The van der Waals surface area contributed by atoms with E-state index in [1.807, 2.05) is 0 Å². The number of benzene rings is 1. The molecule has 2 aromatic rings. The molecule has 0 amide bonds. The highest BCUT2D eigenvalue weighted by molar-refractivity contribution is 7.84. The summed E-state index contributed by atoms with van der Waals surface area (Å²) in [5.74, 6) is 0.396. The maximum Gasteiger partial charge on any atom is 0.269 e. The van der Waals surface area contributed by atoms with Gasteiger partial charge in [-0.25, -0.2) is 0 Å². The van der Waals surface area contributed by atoms with Gasteiger partial charge in [-0.3, -0.25) is 14.3 Å². The van der Waals surface area contributed by atoms with E-state index in [1.54, 1.807) is 6.92 Å². The topological polar surface area (TPSA) is 104 Å². The first-order valence-corrected chi connectivity index (χ1v) is 6.37. The lowest BCUT2D eigenvalue weighted by atomic mass is 10.3. The van der Waals surface area contributed by atoms with Gasteiger partial charge in [0.1, 0.15) is 0 Å². The van der Waals surface area contributed by atoms with Crippen LogP contribution in [0.3, 0.4) is 0 Å². The molecule has 1 heterocycles. The van der Waals surface area contributed by atoms with Gasteiger partial charge < -0.3 is 0 Å². The van der Waals surface area contributed by atoms with Crippen LogP contribution in [0.15, 0.2) is 29.4 Å². The van der Waals surface area contributed by atoms with E-state index in [2.05, 4.69) is 15.5 Å². The SMILES string of the molecule is CCS(=O)c1nnnn1-c1ccc([N+](=O)[O-])cc1. The number of hydrogen-bond donors (Lipinski definition) is 0. The molecule has 1 aromatic heterocycles. The van der Waals surface area contributed by atoms with Crippen LogP contribution in [-0.4, -0.2) is 35.1 Å². The van der Waals surface area contributed by atoms with Gasteiger partial charge >= 0.3 is 0 Å². The lowest BCUT2D eigenvalue weighted by Gasteiger charge is -2.02. The molecule has 0 saturated carbocycles. The van der Waals surface area contributed by atoms with Crippen molar-refractivity contribution in [3.05, 3.63) is 34.4 Å². The molecular formula is C9H9N5O3S. The van der Waals surface area contributed by atoms with Crippen LogP contribution in [0.4, 0.5) is 5.69 Å². The molecule has 0 aliphatic carbocycles. The summed E-state index contributed by atoms with van der Waals surface area (Å²) >= 11 is 0. The summed E-state index contributed by atoms with van der Waals surface area (Å²) < 4.78 is 13.0. The Labute approximate surface area is 104 Å². The second kappa shape index (κ2) is 5.00. The molecule has 0 spiro atoms. The molecule has 0 saturated heterocycles. The standard InChI is InChI=1S/C9H9N5O3S/c1-2-18(17)9-10-11-12-13(9)7-3-5-8(6-4-7)14(15)16/h3-6H,2H2,1H3. The van der Waals surface area contributed by atoms with Crippen LogP contribution in [0.2, 0.25) is 0 Å². The van der Waals surface area contributed by atoms with E-state index in [9.17, 15) is 14.3 Å². The summed E-state index contributed by atoms with van der Waals surface area (Å²) in [6, 6.07) is 5.70. The van der Waals surface area contributed by atoms with Gasteiger partial charge in [0, 0.05) is 17.9 Å². The van der Waals surface area contributed by atoms with Gasteiger partial charge in [-0.2, -0.15) is 4.68 Å². The fourth-order valence-electron chi connectivity index (χ4n) is 1.33. The van der Waals surface area contributed by atoms with Crippen LogP contribution >= 0.6 is 0 Å². The quantitative estimate of drug-likeness (QED) is 0.596. The van der Waals surface area contributed by atoms with Gasteiger partial charge in [-0.15, -0.1) is 0 Å². The van der Waals surface area contributed by atoms with Gasteiger partial charge in [0.2, 0.25) is 5.16 Å². The number of non-ortho nitro benzene ring substituents is 1. The van der Waals surface area contributed by atoms with Gasteiger partial charge in [0.15, 0.2) is 0 Å². The predicted octanol–water partition coefficient (Wildman–Crippen LogP) is 0.698. The summed E-state index contributed by atoms with van der Waals surface area (Å²) in [4.78, 5) is 10.0. The molecular weight excluding hydrogens is 258 g/mol. The smallest absolute Gasteiger partial charge is 0.258 e. The van der Waals surface area contributed by atoms with E-state index in [1.165, 1.54) is 28.9 Å². The minimum absolute atomic E-state index is 0.0232. The van der Waals surface area contributed by atoms with Gasteiger partial charge in [-0.1, -0.05) is 12.0 Å². The Morgan fingerprint density at radius 2 is 2.06 bits per heavy atom. The number of tetrazole rings is 1. The van der Waals surface area contributed by atoms with E-state index >= 15 is 0 Å². The highest BCUT2D eigenvalue weighted by atomic mass is 32.2. The van der Waals surface area contributed by atoms with E-state index in [0.29, 0.717) is 11.4 Å². The molecule has 8 nitrogen and oxygen atoms in total. The zero-order valence-electron chi connectivity index (χ0n) is 9.39. The normalized spacial score (nSPS) is 12.3. The van der Waals surface area contributed by atoms with Crippen molar-refractivity contribution in [3.63, 3.8) is 0 Å². The van der Waals surface area contributed by atoms with Crippen LogP contribution in [-0.2, 0) is 10.8 Å². The molecule has 18 heavy (non-hydrogen) atoms. The van der Waals surface area contributed by atoms with Crippen molar-refractivity contribution in [3.8, 4) is 5.69 Å². The monoisotopic (exact) mass is 267 g/mol. The maximum absolute atomic E-state index is 11.7. The van der Waals surface area contributed by atoms with Crippen molar-refractivity contribution in [2.75, 3.05) is 5.75 Å². The third-order valence-electron chi connectivity index (χ3n) is 2.21. The van der Waals surface area contributed by atoms with Crippen LogP contribution in [0.5, 0.6) is 0 Å². The molecule has 0 aliphatic heterocycles. The van der Waals surface area contributed by atoms with Gasteiger partial charge in [0.25, 0.3) is 5.69 Å². The first kappa shape index (κ1) is 12.3. The Balaban J connectivity index is 2.40. The number of rotatable bonds is 4. The highest BCUT2D eigenvalue weighted by Gasteiger charge is 2.14. The van der Waals surface area contributed by atoms with E-state index in [-0.39, 0.29) is 10.8 Å². The van der Waals surface area contributed by atoms with E-state index in [4.69, 9.17) is 0 Å². The average Bonchev–Trinajstić information content (AvgIpc) is 2.87. The van der Waals surface area contributed by atoms with Crippen molar-refractivity contribution < 1.29 is 9.13 Å². The van der Waals surface area contributed by atoms with Crippen molar-refractivity contribution >= 4 is 16.5 Å². The minimum atomic E-state index is -1.29. The zero-order valence-corrected chi connectivity index (χ0v) is 10.2. The number of nitro benzene ring substituents is 1. The van der Waals surface area contributed by atoms with Crippen molar-refractivity contribution in [2.24, 2.45) is 0 Å². The third kappa shape index (κ3) is 2.25. The predicted molar refractivity (Wildman–Crippen MR) is 62.8 cm³/mol. The van der Waals surface area contributed by atoms with E-state index in [0.717, 1.165) is 0 Å². The van der Waals surface area contributed by atoms with Crippen molar-refractivity contribution in [2.45, 2.75) is 12.1 Å². The Bertz CT molecular complexity index is 595. The first-order valence-electron chi connectivity index (χ1n) is 5.05. The Morgan fingerprint density at radius 3 is 2.61 bits per heavy atom. The summed E-state index contributed by atoms with van der Waals surface area (Å²) in [7, 11) is -1.29. The fraction of sp³-hybridized carbons (Fsp3) is 0.222. The molecule has 0 bridgehead atoms. The number of nitrogens with zero attached hydrogens (tertiary/aromatic N) is 5. The molecule has 94 valence electrons. The molecule has 0 fully saturated rings. The number of aromatic nitrogens is 4. The average molecular weight is 267 g/mol. The number of hydrogen-bond acceptors (Lipinski definition) is 6. The van der Waals surface area contributed by atoms with Gasteiger partial charge in [0.05, 0.1) is 21.4 Å². The van der Waals surface area contributed by atoms with Crippen LogP contribution < -0.4 is 0 Å². The Kier molecular flexibility index (Phi) is 3.42. The molecule has 9 heteroatoms. The summed E-state index contributed by atoms with van der Waals surface area (Å²) in [6.07, 6.45) is 0. The summed E-state index contributed by atoms with van der Waals surface area (Å²) in [5, 5.41) is 21.6. The fourth-order valence-corrected chi connectivity index (χ4v) is 2.05. The van der Waals surface area contributed by atoms with Crippen LogP contribution in [0, 0.1) is 10.1 Å². The summed E-state index contributed by atoms with van der Waals surface area (Å²) in [6.45, 7) is 1.75. The molecule has 1 atom stereocenters. The Hall–Kier alpha value is -2.16. The molecule has 0 radical (unpaired) electrons.